The van der Waals surface area contributed by atoms with Crippen LogP contribution in [0.25, 0.3) is 0 Å². The van der Waals surface area contributed by atoms with Crippen molar-refractivity contribution in [1.29, 1.82) is 0 Å². The van der Waals surface area contributed by atoms with Gasteiger partial charge in [-0.1, -0.05) is 12.1 Å². The van der Waals surface area contributed by atoms with Crippen LogP contribution in [0.15, 0.2) is 42.5 Å². The van der Waals surface area contributed by atoms with Crippen LogP contribution in [-0.4, -0.2) is 29.9 Å². The molecule has 0 aliphatic carbocycles. The molecule has 0 bridgehead atoms. The first-order chi connectivity index (χ1) is 12.3. The van der Waals surface area contributed by atoms with E-state index < -0.39 is 11.9 Å². The lowest BCUT2D eigenvalue weighted by Crippen LogP contribution is -2.16. The second-order valence-corrected chi connectivity index (χ2v) is 5.99. The molecule has 0 aliphatic rings. The molecule has 2 aromatic rings. The number of methoxy groups -OCH3 is 1. The Morgan fingerprint density at radius 2 is 1.88 bits per heavy atom. The number of carboxylic acids is 1. The number of carbonyl (C=O) groups is 3. The number of amides is 1. The number of aliphatic carboxylic acids is 1. The van der Waals surface area contributed by atoms with Crippen molar-refractivity contribution in [2.75, 3.05) is 12.4 Å². The van der Waals surface area contributed by atoms with Crippen LogP contribution in [0.4, 0.5) is 5.69 Å². The summed E-state index contributed by atoms with van der Waals surface area (Å²) in [6.45, 7) is 3.04. The zero-order valence-corrected chi connectivity index (χ0v) is 14.9. The molecule has 2 aromatic carbocycles. The summed E-state index contributed by atoms with van der Waals surface area (Å²) < 4.78 is 5.25. The SMILES string of the molecule is COc1ccc(C(C)=O)cc1CC(=O)Nc1cccc(C(C)C(=O)O)c1. The van der Waals surface area contributed by atoms with Crippen molar-refractivity contribution in [3.05, 3.63) is 59.2 Å². The first-order valence-corrected chi connectivity index (χ1v) is 8.12. The highest BCUT2D eigenvalue weighted by Gasteiger charge is 2.15. The van der Waals surface area contributed by atoms with Gasteiger partial charge in [0.2, 0.25) is 5.91 Å². The number of rotatable bonds is 7. The molecule has 0 radical (unpaired) electrons. The van der Waals surface area contributed by atoms with Gasteiger partial charge in [0.05, 0.1) is 19.4 Å². The lowest BCUT2D eigenvalue weighted by molar-refractivity contribution is -0.138. The highest BCUT2D eigenvalue weighted by molar-refractivity contribution is 5.96. The van der Waals surface area contributed by atoms with Gasteiger partial charge in [-0.2, -0.15) is 0 Å². The van der Waals surface area contributed by atoms with Gasteiger partial charge < -0.3 is 15.2 Å². The molecular weight excluding hydrogens is 334 g/mol. The Balaban J connectivity index is 2.17. The molecule has 6 heteroatoms. The van der Waals surface area contributed by atoms with Crippen LogP contribution >= 0.6 is 0 Å². The fourth-order valence-corrected chi connectivity index (χ4v) is 2.54. The van der Waals surface area contributed by atoms with Gasteiger partial charge >= 0.3 is 5.97 Å². The van der Waals surface area contributed by atoms with Crippen LogP contribution in [0.1, 0.15) is 41.3 Å². The Hall–Kier alpha value is -3.15. The second kappa shape index (κ2) is 8.29. The van der Waals surface area contributed by atoms with Gasteiger partial charge in [-0.15, -0.1) is 0 Å². The predicted octanol–water partition coefficient (Wildman–Crippen LogP) is 3.27. The lowest BCUT2D eigenvalue weighted by atomic mass is 10.0. The van der Waals surface area contributed by atoms with Crippen molar-refractivity contribution in [2.24, 2.45) is 0 Å². The summed E-state index contributed by atoms with van der Waals surface area (Å²) in [5.74, 6) is -1.45. The number of carboxylic acid groups (broad SMARTS) is 1. The molecule has 0 saturated carbocycles. The summed E-state index contributed by atoms with van der Waals surface area (Å²) in [5.41, 5.74) is 2.23. The third-order valence-electron chi connectivity index (χ3n) is 4.08. The van der Waals surface area contributed by atoms with E-state index in [4.69, 9.17) is 9.84 Å². The number of hydrogen-bond donors (Lipinski definition) is 2. The van der Waals surface area contributed by atoms with E-state index in [1.54, 1.807) is 49.4 Å². The largest absolute Gasteiger partial charge is 0.496 e. The van der Waals surface area contributed by atoms with Crippen molar-refractivity contribution in [3.8, 4) is 5.75 Å². The predicted molar refractivity (Wildman–Crippen MR) is 97.8 cm³/mol. The van der Waals surface area contributed by atoms with Crippen LogP contribution in [0, 0.1) is 0 Å². The molecule has 0 fully saturated rings. The van der Waals surface area contributed by atoms with Gasteiger partial charge in [0.25, 0.3) is 0 Å². The number of ether oxygens (including phenoxy) is 1. The fraction of sp³-hybridized carbons (Fsp3) is 0.250. The van der Waals surface area contributed by atoms with Crippen LogP contribution < -0.4 is 10.1 Å². The monoisotopic (exact) mass is 355 g/mol. The van der Waals surface area contributed by atoms with E-state index in [9.17, 15) is 14.4 Å². The second-order valence-electron chi connectivity index (χ2n) is 5.99. The molecule has 0 aliphatic heterocycles. The van der Waals surface area contributed by atoms with Crippen molar-refractivity contribution in [2.45, 2.75) is 26.2 Å². The number of Topliss-reactive ketones (excluding diaryl/α,β-unsaturated/α-hetero) is 1. The normalized spacial score (nSPS) is 11.5. The van der Waals surface area contributed by atoms with E-state index in [0.717, 1.165) is 0 Å². The van der Waals surface area contributed by atoms with Gasteiger partial charge in [-0.25, -0.2) is 0 Å². The molecule has 0 saturated heterocycles. The Morgan fingerprint density at radius 1 is 1.15 bits per heavy atom. The highest BCUT2D eigenvalue weighted by atomic mass is 16.5. The minimum atomic E-state index is -0.931. The summed E-state index contributed by atoms with van der Waals surface area (Å²) in [5, 5.41) is 11.9. The van der Waals surface area contributed by atoms with E-state index in [1.807, 2.05) is 0 Å². The topological polar surface area (TPSA) is 92.7 Å². The average molecular weight is 355 g/mol. The Morgan fingerprint density at radius 3 is 2.50 bits per heavy atom. The minimum absolute atomic E-state index is 0.0308. The molecule has 1 unspecified atom stereocenters. The van der Waals surface area contributed by atoms with E-state index in [2.05, 4.69) is 5.32 Å². The Labute approximate surface area is 151 Å². The first-order valence-electron chi connectivity index (χ1n) is 8.12. The third kappa shape index (κ3) is 4.69. The van der Waals surface area contributed by atoms with Crippen molar-refractivity contribution < 1.29 is 24.2 Å². The van der Waals surface area contributed by atoms with Gasteiger partial charge in [0, 0.05) is 16.8 Å². The minimum Gasteiger partial charge on any atom is -0.496 e. The van der Waals surface area contributed by atoms with Crippen LogP contribution in [-0.2, 0) is 16.0 Å². The molecule has 0 spiro atoms. The van der Waals surface area contributed by atoms with Crippen molar-refractivity contribution >= 4 is 23.3 Å². The first kappa shape index (κ1) is 19.2. The maximum absolute atomic E-state index is 12.4. The standard InChI is InChI=1S/C20H21NO5/c1-12(20(24)25)14-5-4-6-17(10-14)21-19(23)11-16-9-15(13(2)22)7-8-18(16)26-3/h4-10,12H,11H2,1-3H3,(H,21,23)(H,24,25). The molecule has 0 heterocycles. The summed E-state index contributed by atoms with van der Waals surface area (Å²) in [4.78, 5) is 35.0. The summed E-state index contributed by atoms with van der Waals surface area (Å²) in [6, 6.07) is 11.7. The number of benzene rings is 2. The van der Waals surface area contributed by atoms with E-state index in [-0.39, 0.29) is 18.1 Å². The molecule has 6 nitrogen and oxygen atoms in total. The zero-order valence-electron chi connectivity index (χ0n) is 14.9. The van der Waals surface area contributed by atoms with Gasteiger partial charge in [-0.3, -0.25) is 14.4 Å². The molecule has 0 aromatic heterocycles. The van der Waals surface area contributed by atoms with E-state index >= 15 is 0 Å². The lowest BCUT2D eigenvalue weighted by Gasteiger charge is -2.12. The van der Waals surface area contributed by atoms with E-state index in [0.29, 0.717) is 28.1 Å². The summed E-state index contributed by atoms with van der Waals surface area (Å²) in [6.07, 6.45) is 0.0308. The number of hydrogen-bond acceptors (Lipinski definition) is 4. The molecule has 1 amide bonds. The maximum Gasteiger partial charge on any atom is 0.310 e. The average Bonchev–Trinajstić information content (AvgIpc) is 2.60. The van der Waals surface area contributed by atoms with Crippen molar-refractivity contribution in [1.82, 2.24) is 0 Å². The summed E-state index contributed by atoms with van der Waals surface area (Å²) >= 11 is 0. The number of carbonyl (C=O) groups excluding carboxylic acids is 2. The summed E-state index contributed by atoms with van der Waals surface area (Å²) in [7, 11) is 1.50. The molecule has 136 valence electrons. The van der Waals surface area contributed by atoms with Gasteiger partial charge in [0.1, 0.15) is 5.75 Å². The van der Waals surface area contributed by atoms with Crippen LogP contribution in [0.5, 0.6) is 5.75 Å². The van der Waals surface area contributed by atoms with E-state index in [1.165, 1.54) is 14.0 Å². The van der Waals surface area contributed by atoms with Crippen molar-refractivity contribution in [3.63, 3.8) is 0 Å². The Bertz CT molecular complexity index is 844. The highest BCUT2D eigenvalue weighted by Crippen LogP contribution is 2.23. The number of nitrogens with one attached hydrogen (secondary N) is 1. The van der Waals surface area contributed by atoms with Crippen LogP contribution in [0.3, 0.4) is 0 Å². The molecule has 26 heavy (non-hydrogen) atoms. The zero-order chi connectivity index (χ0) is 19.3. The third-order valence-corrected chi connectivity index (χ3v) is 4.08. The number of anilines is 1. The molecule has 1 atom stereocenters. The molecular formula is C20H21NO5. The van der Waals surface area contributed by atoms with Gasteiger partial charge in [-0.05, 0) is 49.7 Å². The quantitative estimate of drug-likeness (QED) is 0.744. The van der Waals surface area contributed by atoms with Gasteiger partial charge in [0.15, 0.2) is 5.78 Å². The number of ketones is 1. The molecule has 2 N–H and O–H groups in total. The fourth-order valence-electron chi connectivity index (χ4n) is 2.54. The smallest absolute Gasteiger partial charge is 0.310 e. The van der Waals surface area contributed by atoms with Crippen LogP contribution in [0.2, 0.25) is 0 Å². The Kier molecular flexibility index (Phi) is 6.11. The maximum atomic E-state index is 12.4. The molecule has 2 rings (SSSR count).